The number of hydrogen-bond donors (Lipinski definition) is 0. The van der Waals surface area contributed by atoms with Crippen molar-refractivity contribution in [1.29, 1.82) is 0 Å². The van der Waals surface area contributed by atoms with Gasteiger partial charge in [-0.25, -0.2) is 9.13 Å². The molecule has 0 bridgehead atoms. The third-order valence-electron chi connectivity index (χ3n) is 6.10. The van der Waals surface area contributed by atoms with Gasteiger partial charge in [0.2, 0.25) is 0 Å². The van der Waals surface area contributed by atoms with Crippen molar-refractivity contribution in [1.82, 2.24) is 4.57 Å². The van der Waals surface area contributed by atoms with Crippen molar-refractivity contribution >= 4 is 0 Å². The molecule has 1 heterocycles. The molecule has 1 aromatic heterocycles. The van der Waals surface area contributed by atoms with E-state index in [4.69, 9.17) is 0 Å². The highest BCUT2D eigenvalue weighted by molar-refractivity contribution is 5.15. The van der Waals surface area contributed by atoms with Crippen LogP contribution in [0.1, 0.15) is 109 Å². The smallest absolute Gasteiger partial charge is 0.234 e. The standard InChI is InChI=1S/C27H45N2/c1-3-5-6-7-8-9-10-11-12-13-14-15-19-22-28-23-24-29(27(28)4-2)25-26-20-17-16-18-21-26/h16-18,20-21,23-24H,3-15,19,22,25H2,1-2H3/q+1. The Kier molecular flexibility index (Phi) is 12.5. The van der Waals surface area contributed by atoms with Crippen molar-refractivity contribution in [2.24, 2.45) is 0 Å². The summed E-state index contributed by atoms with van der Waals surface area (Å²) < 4.78 is 4.89. The van der Waals surface area contributed by atoms with Crippen LogP contribution in [-0.2, 0) is 19.5 Å². The summed E-state index contributed by atoms with van der Waals surface area (Å²) >= 11 is 0. The lowest BCUT2D eigenvalue weighted by Gasteiger charge is -2.05. The largest absolute Gasteiger partial charge is 0.256 e. The van der Waals surface area contributed by atoms with Gasteiger partial charge in [-0.15, -0.1) is 0 Å². The molecule has 0 aliphatic carbocycles. The Morgan fingerprint density at radius 1 is 0.690 bits per heavy atom. The zero-order valence-corrected chi connectivity index (χ0v) is 19.2. The maximum atomic E-state index is 2.47. The molecule has 0 radical (unpaired) electrons. The summed E-state index contributed by atoms with van der Waals surface area (Å²) in [4.78, 5) is 0. The summed E-state index contributed by atoms with van der Waals surface area (Å²) in [6.45, 7) is 6.72. The van der Waals surface area contributed by atoms with Crippen molar-refractivity contribution in [2.75, 3.05) is 0 Å². The van der Waals surface area contributed by atoms with Gasteiger partial charge >= 0.3 is 0 Å². The van der Waals surface area contributed by atoms with E-state index in [0.717, 1.165) is 13.0 Å². The van der Waals surface area contributed by atoms with E-state index in [9.17, 15) is 0 Å². The lowest BCUT2D eigenvalue weighted by Crippen LogP contribution is -2.37. The van der Waals surface area contributed by atoms with Crippen LogP contribution in [0.15, 0.2) is 42.7 Å². The van der Waals surface area contributed by atoms with Gasteiger partial charge < -0.3 is 0 Å². The summed E-state index contributed by atoms with van der Waals surface area (Å²) in [6, 6.07) is 10.8. The molecule has 2 heteroatoms. The number of benzene rings is 1. The molecule has 162 valence electrons. The minimum atomic E-state index is 0.982. The summed E-state index contributed by atoms with van der Waals surface area (Å²) in [5, 5.41) is 0. The number of nitrogens with zero attached hydrogens (tertiary/aromatic N) is 2. The van der Waals surface area contributed by atoms with Crippen LogP contribution in [-0.4, -0.2) is 4.57 Å². The van der Waals surface area contributed by atoms with Gasteiger partial charge in [0.15, 0.2) is 0 Å². The van der Waals surface area contributed by atoms with Crippen LogP contribution in [0.2, 0.25) is 0 Å². The minimum Gasteiger partial charge on any atom is -0.234 e. The molecule has 0 aliphatic rings. The van der Waals surface area contributed by atoms with Gasteiger partial charge in [0.25, 0.3) is 5.82 Å². The Morgan fingerprint density at radius 2 is 1.24 bits per heavy atom. The number of aromatic nitrogens is 2. The third-order valence-corrected chi connectivity index (χ3v) is 6.10. The number of unbranched alkanes of at least 4 members (excludes halogenated alkanes) is 12. The Morgan fingerprint density at radius 3 is 1.79 bits per heavy atom. The van der Waals surface area contributed by atoms with Crippen LogP contribution in [0, 0.1) is 0 Å². The molecule has 0 aliphatic heterocycles. The van der Waals surface area contributed by atoms with Gasteiger partial charge in [-0.05, 0) is 18.4 Å². The summed E-state index contributed by atoms with van der Waals surface area (Å²) in [5.74, 6) is 1.45. The highest BCUT2D eigenvalue weighted by Gasteiger charge is 2.14. The molecule has 2 aromatic rings. The first kappa shape index (κ1) is 23.7. The maximum Gasteiger partial charge on any atom is 0.256 e. The molecule has 0 N–H and O–H groups in total. The molecule has 0 saturated heterocycles. The van der Waals surface area contributed by atoms with Crippen LogP contribution in [0.5, 0.6) is 0 Å². The van der Waals surface area contributed by atoms with Crippen LogP contribution in [0.4, 0.5) is 0 Å². The monoisotopic (exact) mass is 397 g/mol. The van der Waals surface area contributed by atoms with Crippen molar-refractivity contribution in [3.05, 3.63) is 54.1 Å². The average Bonchev–Trinajstić information content (AvgIpc) is 3.13. The summed E-state index contributed by atoms with van der Waals surface area (Å²) in [5.41, 5.74) is 1.38. The van der Waals surface area contributed by atoms with E-state index >= 15 is 0 Å². The van der Waals surface area contributed by atoms with Crippen LogP contribution in [0.3, 0.4) is 0 Å². The normalized spacial score (nSPS) is 11.2. The molecule has 0 amide bonds. The molecule has 29 heavy (non-hydrogen) atoms. The quantitative estimate of drug-likeness (QED) is 0.193. The summed E-state index contributed by atoms with van der Waals surface area (Å²) in [6.07, 6.45) is 24.1. The zero-order valence-electron chi connectivity index (χ0n) is 19.2. The molecule has 1 aromatic carbocycles. The Bertz CT molecular complexity index is 629. The van der Waals surface area contributed by atoms with Crippen LogP contribution in [0.25, 0.3) is 0 Å². The predicted molar refractivity (Wildman–Crippen MR) is 125 cm³/mol. The lowest BCUT2D eigenvalue weighted by atomic mass is 10.0. The molecule has 0 unspecified atom stereocenters. The first-order valence-electron chi connectivity index (χ1n) is 12.5. The molecular weight excluding hydrogens is 352 g/mol. The first-order chi connectivity index (χ1) is 14.3. The van der Waals surface area contributed by atoms with Crippen LogP contribution < -0.4 is 4.57 Å². The number of rotatable bonds is 17. The predicted octanol–water partition coefficient (Wildman–Crippen LogP) is 7.48. The Labute approximate surface area is 180 Å². The molecule has 0 spiro atoms. The SMILES string of the molecule is CCCCCCCCCCCCCCC[n+]1ccn(Cc2ccccc2)c1CC. The van der Waals surface area contributed by atoms with Gasteiger partial charge in [-0.1, -0.05) is 115 Å². The van der Waals surface area contributed by atoms with Crippen molar-refractivity contribution in [3.8, 4) is 0 Å². The second kappa shape index (κ2) is 15.3. The Hall–Kier alpha value is -1.57. The number of hydrogen-bond acceptors (Lipinski definition) is 0. The van der Waals surface area contributed by atoms with Gasteiger partial charge in [0.1, 0.15) is 18.9 Å². The third kappa shape index (κ3) is 9.65. The van der Waals surface area contributed by atoms with E-state index < -0.39 is 0 Å². The van der Waals surface area contributed by atoms with Crippen molar-refractivity contribution < 1.29 is 4.57 Å². The van der Waals surface area contributed by atoms with E-state index in [1.807, 2.05) is 0 Å². The highest BCUT2D eigenvalue weighted by Crippen LogP contribution is 2.12. The minimum absolute atomic E-state index is 0.982. The Balaban J connectivity index is 1.53. The molecule has 2 nitrogen and oxygen atoms in total. The molecular formula is C27H45N2+. The molecule has 0 atom stereocenters. The van der Waals surface area contributed by atoms with E-state index in [2.05, 4.69) is 65.7 Å². The van der Waals surface area contributed by atoms with Crippen molar-refractivity contribution in [2.45, 2.75) is 117 Å². The second-order valence-corrected chi connectivity index (χ2v) is 8.62. The van der Waals surface area contributed by atoms with Gasteiger partial charge in [0, 0.05) is 6.42 Å². The van der Waals surface area contributed by atoms with Crippen molar-refractivity contribution in [3.63, 3.8) is 0 Å². The zero-order chi connectivity index (χ0) is 20.6. The van der Waals surface area contributed by atoms with Crippen LogP contribution >= 0.6 is 0 Å². The average molecular weight is 398 g/mol. The van der Waals surface area contributed by atoms with E-state index in [1.165, 1.54) is 101 Å². The topological polar surface area (TPSA) is 8.81 Å². The molecule has 0 fully saturated rings. The number of aryl methyl sites for hydroxylation is 1. The molecule has 2 rings (SSSR count). The van der Waals surface area contributed by atoms with Gasteiger partial charge in [-0.3, -0.25) is 0 Å². The van der Waals surface area contributed by atoms with E-state index in [-0.39, 0.29) is 0 Å². The van der Waals surface area contributed by atoms with Gasteiger partial charge in [-0.2, -0.15) is 0 Å². The van der Waals surface area contributed by atoms with E-state index in [1.54, 1.807) is 0 Å². The second-order valence-electron chi connectivity index (χ2n) is 8.62. The first-order valence-corrected chi connectivity index (χ1v) is 12.5. The maximum absolute atomic E-state index is 2.47. The van der Waals surface area contributed by atoms with E-state index in [0.29, 0.717) is 0 Å². The fraction of sp³-hybridized carbons (Fsp3) is 0.667. The fourth-order valence-corrected chi connectivity index (χ4v) is 4.33. The number of imidazole rings is 1. The lowest BCUT2D eigenvalue weighted by molar-refractivity contribution is -0.704. The van der Waals surface area contributed by atoms with Gasteiger partial charge in [0.05, 0.1) is 6.54 Å². The highest BCUT2D eigenvalue weighted by atomic mass is 15.1. The molecule has 0 saturated carbocycles. The fourth-order valence-electron chi connectivity index (χ4n) is 4.33. The summed E-state index contributed by atoms with van der Waals surface area (Å²) in [7, 11) is 0.